The summed E-state index contributed by atoms with van der Waals surface area (Å²) in [5.41, 5.74) is 1.28. The van der Waals surface area contributed by atoms with Gasteiger partial charge in [-0.05, 0) is 41.8 Å². The van der Waals surface area contributed by atoms with Crippen LogP contribution < -0.4 is 5.32 Å². The summed E-state index contributed by atoms with van der Waals surface area (Å²) in [5, 5.41) is 2.57. The number of aryl methyl sites for hydroxylation is 1. The first-order valence-corrected chi connectivity index (χ1v) is 8.38. The van der Waals surface area contributed by atoms with Crippen LogP contribution in [0.15, 0.2) is 60.9 Å². The Morgan fingerprint density at radius 1 is 1.07 bits per heavy atom. The third-order valence-corrected chi connectivity index (χ3v) is 4.33. The Balaban J connectivity index is 2.00. The number of aromatic nitrogens is 1. The highest BCUT2D eigenvalue weighted by molar-refractivity contribution is 6.07. The second kappa shape index (κ2) is 7.80. The zero-order valence-corrected chi connectivity index (χ0v) is 14.8. The van der Waals surface area contributed by atoms with E-state index in [0.29, 0.717) is 17.3 Å². The monoisotopic (exact) mass is 388 g/mol. The third kappa shape index (κ3) is 4.03. The van der Waals surface area contributed by atoms with Gasteiger partial charge < -0.3 is 5.32 Å². The SMILES string of the molecule is Cc1ccccc1-c1ccncc1NC(=O)c1cc(C(F)(F)F)ccc1CF. The van der Waals surface area contributed by atoms with Crippen molar-refractivity contribution in [1.82, 2.24) is 4.98 Å². The zero-order valence-electron chi connectivity index (χ0n) is 14.8. The minimum Gasteiger partial charge on any atom is -0.320 e. The van der Waals surface area contributed by atoms with Crippen molar-refractivity contribution in [3.8, 4) is 11.1 Å². The van der Waals surface area contributed by atoms with E-state index < -0.39 is 24.3 Å². The molecule has 0 aliphatic carbocycles. The van der Waals surface area contributed by atoms with Gasteiger partial charge in [0.05, 0.1) is 17.4 Å². The highest BCUT2D eigenvalue weighted by atomic mass is 19.4. The molecule has 2 aromatic carbocycles. The minimum atomic E-state index is -4.63. The first-order chi connectivity index (χ1) is 13.3. The van der Waals surface area contributed by atoms with E-state index in [1.807, 2.05) is 31.2 Å². The van der Waals surface area contributed by atoms with Gasteiger partial charge >= 0.3 is 6.18 Å². The molecule has 0 atom stereocenters. The lowest BCUT2D eigenvalue weighted by molar-refractivity contribution is -0.137. The zero-order chi connectivity index (χ0) is 20.3. The molecule has 0 saturated carbocycles. The fraction of sp³-hybridized carbons (Fsp3) is 0.143. The predicted molar refractivity (Wildman–Crippen MR) is 98.6 cm³/mol. The number of benzene rings is 2. The van der Waals surface area contributed by atoms with E-state index in [1.54, 1.807) is 12.3 Å². The number of pyridine rings is 1. The Bertz CT molecular complexity index is 1020. The van der Waals surface area contributed by atoms with Crippen LogP contribution in [0.2, 0.25) is 0 Å². The molecular formula is C21H16F4N2O. The molecule has 1 amide bonds. The molecule has 3 rings (SSSR count). The average Bonchev–Trinajstić information content (AvgIpc) is 2.67. The number of anilines is 1. The topological polar surface area (TPSA) is 42.0 Å². The van der Waals surface area contributed by atoms with Crippen molar-refractivity contribution in [2.45, 2.75) is 19.8 Å². The number of hydrogen-bond donors (Lipinski definition) is 1. The molecule has 0 fully saturated rings. The summed E-state index contributed by atoms with van der Waals surface area (Å²) in [6, 6.07) is 11.6. The molecule has 0 unspecified atom stereocenters. The van der Waals surface area contributed by atoms with Crippen LogP contribution in [0, 0.1) is 6.92 Å². The molecule has 0 spiro atoms. The van der Waals surface area contributed by atoms with Crippen LogP contribution in [0.1, 0.15) is 27.0 Å². The van der Waals surface area contributed by atoms with Gasteiger partial charge in [0.2, 0.25) is 0 Å². The molecule has 7 heteroatoms. The van der Waals surface area contributed by atoms with Crippen LogP contribution in [0.25, 0.3) is 11.1 Å². The Kier molecular flexibility index (Phi) is 5.44. The highest BCUT2D eigenvalue weighted by Gasteiger charge is 2.31. The van der Waals surface area contributed by atoms with Gasteiger partial charge in [-0.25, -0.2) is 4.39 Å². The average molecular weight is 388 g/mol. The lowest BCUT2D eigenvalue weighted by Crippen LogP contribution is -2.17. The van der Waals surface area contributed by atoms with Gasteiger partial charge in [-0.1, -0.05) is 30.3 Å². The summed E-state index contributed by atoms with van der Waals surface area (Å²) in [7, 11) is 0. The quantitative estimate of drug-likeness (QED) is 0.574. The molecule has 3 aromatic rings. The van der Waals surface area contributed by atoms with Gasteiger partial charge in [-0.15, -0.1) is 0 Å². The predicted octanol–water partition coefficient (Wildman–Crippen LogP) is 5.80. The van der Waals surface area contributed by atoms with Gasteiger partial charge in [0.25, 0.3) is 5.91 Å². The van der Waals surface area contributed by atoms with Crippen LogP contribution in [-0.4, -0.2) is 10.9 Å². The molecule has 1 N–H and O–H groups in total. The highest BCUT2D eigenvalue weighted by Crippen LogP contribution is 2.32. The Hall–Kier alpha value is -3.22. The van der Waals surface area contributed by atoms with Crippen LogP contribution in [0.4, 0.5) is 23.2 Å². The largest absolute Gasteiger partial charge is 0.416 e. The molecule has 0 radical (unpaired) electrons. The van der Waals surface area contributed by atoms with Crippen molar-refractivity contribution in [3.05, 3.63) is 83.2 Å². The lowest BCUT2D eigenvalue weighted by Gasteiger charge is -2.15. The molecule has 1 heterocycles. The maximum absolute atomic E-state index is 13.2. The van der Waals surface area contributed by atoms with Gasteiger partial charge in [0, 0.05) is 17.3 Å². The number of amides is 1. The Morgan fingerprint density at radius 3 is 2.50 bits per heavy atom. The summed E-state index contributed by atoms with van der Waals surface area (Å²) in [6.07, 6.45) is -1.68. The normalized spacial score (nSPS) is 11.3. The first kappa shape index (κ1) is 19.5. The molecule has 1 aromatic heterocycles. The van der Waals surface area contributed by atoms with Crippen LogP contribution in [0.5, 0.6) is 0 Å². The molecule has 0 aliphatic rings. The van der Waals surface area contributed by atoms with E-state index >= 15 is 0 Å². The van der Waals surface area contributed by atoms with Gasteiger partial charge in [0.15, 0.2) is 0 Å². The van der Waals surface area contributed by atoms with Crippen molar-refractivity contribution in [1.29, 1.82) is 0 Å². The summed E-state index contributed by atoms with van der Waals surface area (Å²) >= 11 is 0. The fourth-order valence-electron chi connectivity index (χ4n) is 2.87. The lowest BCUT2D eigenvalue weighted by atomic mass is 9.99. The second-order valence-electron chi connectivity index (χ2n) is 6.19. The van der Waals surface area contributed by atoms with E-state index in [0.717, 1.165) is 23.3 Å². The van der Waals surface area contributed by atoms with Crippen LogP contribution >= 0.6 is 0 Å². The number of alkyl halides is 4. The number of nitrogens with zero attached hydrogens (tertiary/aromatic N) is 1. The number of rotatable bonds is 4. The van der Waals surface area contributed by atoms with E-state index in [-0.39, 0.29) is 11.1 Å². The number of halogens is 4. The molecule has 28 heavy (non-hydrogen) atoms. The molecule has 144 valence electrons. The number of nitrogens with one attached hydrogen (secondary N) is 1. The smallest absolute Gasteiger partial charge is 0.320 e. The standard InChI is InChI=1S/C21H16F4N2O/c1-13-4-2-3-5-16(13)17-8-9-26-12-19(17)27-20(28)18-10-15(21(23,24)25)7-6-14(18)11-22/h2-10,12H,11H2,1H3,(H,27,28). The van der Waals surface area contributed by atoms with Crippen molar-refractivity contribution in [2.24, 2.45) is 0 Å². The summed E-state index contributed by atoms with van der Waals surface area (Å²) in [6.45, 7) is 0.841. The third-order valence-electron chi connectivity index (χ3n) is 4.33. The van der Waals surface area contributed by atoms with E-state index in [1.165, 1.54) is 6.20 Å². The second-order valence-corrected chi connectivity index (χ2v) is 6.19. The minimum absolute atomic E-state index is 0.119. The van der Waals surface area contributed by atoms with E-state index in [9.17, 15) is 22.4 Å². The number of carbonyl (C=O) groups excluding carboxylic acids is 1. The molecular weight excluding hydrogens is 372 g/mol. The van der Waals surface area contributed by atoms with Crippen molar-refractivity contribution >= 4 is 11.6 Å². The number of carbonyl (C=O) groups is 1. The van der Waals surface area contributed by atoms with Gasteiger partial charge in [-0.2, -0.15) is 13.2 Å². The van der Waals surface area contributed by atoms with Crippen LogP contribution in [0.3, 0.4) is 0 Å². The maximum Gasteiger partial charge on any atom is 0.416 e. The van der Waals surface area contributed by atoms with Gasteiger partial charge in [0.1, 0.15) is 6.67 Å². The van der Waals surface area contributed by atoms with Crippen molar-refractivity contribution in [2.75, 3.05) is 5.32 Å². The Labute approximate surface area is 159 Å². The van der Waals surface area contributed by atoms with Gasteiger partial charge in [-0.3, -0.25) is 9.78 Å². The van der Waals surface area contributed by atoms with Crippen LogP contribution in [-0.2, 0) is 12.9 Å². The summed E-state index contributed by atoms with van der Waals surface area (Å²) < 4.78 is 52.2. The molecule has 3 nitrogen and oxygen atoms in total. The summed E-state index contributed by atoms with van der Waals surface area (Å²) in [5.74, 6) is -0.832. The fourth-order valence-corrected chi connectivity index (χ4v) is 2.87. The maximum atomic E-state index is 13.2. The van der Waals surface area contributed by atoms with E-state index in [2.05, 4.69) is 10.3 Å². The number of hydrogen-bond acceptors (Lipinski definition) is 2. The van der Waals surface area contributed by atoms with Crippen molar-refractivity contribution < 1.29 is 22.4 Å². The first-order valence-electron chi connectivity index (χ1n) is 8.38. The van der Waals surface area contributed by atoms with E-state index in [4.69, 9.17) is 0 Å². The molecule has 0 saturated heterocycles. The Morgan fingerprint density at radius 2 is 1.82 bits per heavy atom. The molecule has 0 bridgehead atoms. The molecule has 0 aliphatic heterocycles. The van der Waals surface area contributed by atoms with Crippen molar-refractivity contribution in [3.63, 3.8) is 0 Å². The summed E-state index contributed by atoms with van der Waals surface area (Å²) in [4.78, 5) is 16.6.